The molecule has 0 fully saturated rings. The normalized spacial score (nSPS) is 11.0. The Balaban J connectivity index is 3.09. The average molecular weight is 395 g/mol. The molecule has 0 atom stereocenters. The first-order valence-corrected chi connectivity index (χ1v) is 10.8. The van der Waals surface area contributed by atoms with Gasteiger partial charge in [0.2, 0.25) is 0 Å². The minimum Gasteiger partial charge on any atom is -0.463 e. The fourth-order valence-electron chi connectivity index (χ4n) is 2.35. The quantitative estimate of drug-likeness (QED) is 0.160. The molecule has 0 aliphatic heterocycles. The number of unbranched alkanes of at least 4 members (excludes halogenated alkanes) is 7. The molecular formula is C20H39ClO5. The molecule has 0 unspecified atom stereocenters. The summed E-state index contributed by atoms with van der Waals surface area (Å²) in [5.74, 6) is 0.624. The van der Waals surface area contributed by atoms with E-state index in [0.717, 1.165) is 38.2 Å². The third-order valence-electron chi connectivity index (χ3n) is 3.89. The van der Waals surface area contributed by atoms with Crippen LogP contribution in [0.1, 0.15) is 71.1 Å². The topological polar surface area (TPSA) is 54.0 Å². The number of hydrogen-bond donors (Lipinski definition) is 0. The third-order valence-corrected chi connectivity index (χ3v) is 4.16. The van der Waals surface area contributed by atoms with Crippen LogP contribution in [0.5, 0.6) is 0 Å². The maximum Gasteiger partial charge on any atom is 0.305 e. The second-order valence-electron chi connectivity index (χ2n) is 6.32. The van der Waals surface area contributed by atoms with Gasteiger partial charge in [-0.05, 0) is 19.3 Å². The summed E-state index contributed by atoms with van der Waals surface area (Å²) in [5.41, 5.74) is 0. The SMILES string of the molecule is CCCCCCCC(=O)OCCOCCOCCOCCCCCCCl. The molecule has 0 amide bonds. The van der Waals surface area contributed by atoms with E-state index in [4.69, 9.17) is 30.5 Å². The second-order valence-corrected chi connectivity index (χ2v) is 6.70. The van der Waals surface area contributed by atoms with Gasteiger partial charge >= 0.3 is 5.97 Å². The van der Waals surface area contributed by atoms with E-state index in [0.29, 0.717) is 46.1 Å². The zero-order valence-electron chi connectivity index (χ0n) is 16.6. The van der Waals surface area contributed by atoms with Gasteiger partial charge in [0, 0.05) is 18.9 Å². The molecule has 0 aromatic heterocycles. The van der Waals surface area contributed by atoms with Crippen molar-refractivity contribution >= 4 is 17.6 Å². The van der Waals surface area contributed by atoms with Crippen LogP contribution in [-0.2, 0) is 23.7 Å². The number of rotatable bonds is 21. The number of ether oxygens (including phenoxy) is 4. The van der Waals surface area contributed by atoms with Gasteiger partial charge in [-0.2, -0.15) is 0 Å². The molecule has 6 heteroatoms. The Bertz CT molecular complexity index is 289. The highest BCUT2D eigenvalue weighted by atomic mass is 35.5. The molecule has 5 nitrogen and oxygen atoms in total. The van der Waals surface area contributed by atoms with Crippen LogP contribution in [0.4, 0.5) is 0 Å². The van der Waals surface area contributed by atoms with Crippen molar-refractivity contribution < 1.29 is 23.7 Å². The summed E-state index contributed by atoms with van der Waals surface area (Å²) in [4.78, 5) is 11.5. The first-order chi connectivity index (χ1) is 12.8. The number of carbonyl (C=O) groups is 1. The molecule has 0 bridgehead atoms. The summed E-state index contributed by atoms with van der Waals surface area (Å²) in [7, 11) is 0. The summed E-state index contributed by atoms with van der Waals surface area (Å²) < 4.78 is 21.4. The van der Waals surface area contributed by atoms with Crippen molar-refractivity contribution in [1.82, 2.24) is 0 Å². The fraction of sp³-hybridized carbons (Fsp3) is 0.950. The molecule has 26 heavy (non-hydrogen) atoms. The van der Waals surface area contributed by atoms with Crippen LogP contribution in [0.3, 0.4) is 0 Å². The average Bonchev–Trinajstić information content (AvgIpc) is 2.64. The lowest BCUT2D eigenvalue weighted by Crippen LogP contribution is -2.14. The Hall–Kier alpha value is -0.360. The summed E-state index contributed by atoms with van der Waals surface area (Å²) in [5, 5.41) is 0. The molecule has 0 aromatic rings. The first kappa shape index (κ1) is 25.6. The zero-order valence-corrected chi connectivity index (χ0v) is 17.4. The lowest BCUT2D eigenvalue weighted by Gasteiger charge is -2.07. The largest absolute Gasteiger partial charge is 0.463 e. The Kier molecular flexibility index (Phi) is 22.4. The van der Waals surface area contributed by atoms with Crippen molar-refractivity contribution in [1.29, 1.82) is 0 Å². The van der Waals surface area contributed by atoms with Crippen molar-refractivity contribution in [2.75, 3.05) is 52.1 Å². The second kappa shape index (κ2) is 22.7. The van der Waals surface area contributed by atoms with Crippen LogP contribution in [0.2, 0.25) is 0 Å². The lowest BCUT2D eigenvalue weighted by molar-refractivity contribution is -0.145. The van der Waals surface area contributed by atoms with E-state index in [9.17, 15) is 4.79 Å². The maximum absolute atomic E-state index is 11.5. The van der Waals surface area contributed by atoms with Crippen molar-refractivity contribution in [3.05, 3.63) is 0 Å². The van der Waals surface area contributed by atoms with Crippen LogP contribution in [0.25, 0.3) is 0 Å². The van der Waals surface area contributed by atoms with Crippen molar-refractivity contribution in [3.8, 4) is 0 Å². The van der Waals surface area contributed by atoms with Crippen LogP contribution in [0, 0.1) is 0 Å². The van der Waals surface area contributed by atoms with E-state index in [-0.39, 0.29) is 5.97 Å². The summed E-state index contributed by atoms with van der Waals surface area (Å²) in [6, 6.07) is 0. The molecule has 0 spiro atoms. The van der Waals surface area contributed by atoms with Crippen molar-refractivity contribution in [2.45, 2.75) is 71.1 Å². The third kappa shape index (κ3) is 21.7. The number of halogens is 1. The van der Waals surface area contributed by atoms with Gasteiger partial charge < -0.3 is 18.9 Å². The number of carbonyl (C=O) groups excluding carboxylic acids is 1. The zero-order chi connectivity index (χ0) is 19.1. The Labute approximate surface area is 165 Å². The van der Waals surface area contributed by atoms with Crippen molar-refractivity contribution in [3.63, 3.8) is 0 Å². The molecule has 0 aliphatic carbocycles. The monoisotopic (exact) mass is 394 g/mol. The summed E-state index contributed by atoms with van der Waals surface area (Å²) >= 11 is 5.62. The number of esters is 1. The molecule has 0 rings (SSSR count). The molecule has 0 heterocycles. The van der Waals surface area contributed by atoms with Crippen LogP contribution in [-0.4, -0.2) is 58.1 Å². The van der Waals surface area contributed by atoms with E-state index in [1.54, 1.807) is 0 Å². The number of alkyl halides is 1. The van der Waals surface area contributed by atoms with E-state index >= 15 is 0 Å². The standard InChI is InChI=1S/C20H39ClO5/c1-2-3-4-5-8-11-20(22)26-19-18-25-17-16-24-15-14-23-13-10-7-6-9-12-21/h2-19H2,1H3. The predicted molar refractivity (Wildman–Crippen MR) is 106 cm³/mol. The molecule has 0 N–H and O–H groups in total. The highest BCUT2D eigenvalue weighted by Gasteiger charge is 2.02. The van der Waals surface area contributed by atoms with Gasteiger partial charge in [0.25, 0.3) is 0 Å². The van der Waals surface area contributed by atoms with Gasteiger partial charge in [0.05, 0.1) is 33.0 Å². The van der Waals surface area contributed by atoms with E-state index in [1.807, 2.05) is 0 Å². The highest BCUT2D eigenvalue weighted by molar-refractivity contribution is 6.17. The van der Waals surface area contributed by atoms with Crippen molar-refractivity contribution in [2.24, 2.45) is 0 Å². The maximum atomic E-state index is 11.5. The Morgan fingerprint density at radius 1 is 0.654 bits per heavy atom. The minimum atomic E-state index is -0.124. The highest BCUT2D eigenvalue weighted by Crippen LogP contribution is 2.05. The molecule has 0 saturated carbocycles. The van der Waals surface area contributed by atoms with Crippen LogP contribution < -0.4 is 0 Å². The van der Waals surface area contributed by atoms with Crippen LogP contribution in [0.15, 0.2) is 0 Å². The van der Waals surface area contributed by atoms with Gasteiger partial charge in [0.15, 0.2) is 0 Å². The van der Waals surface area contributed by atoms with Crippen LogP contribution >= 0.6 is 11.6 Å². The van der Waals surface area contributed by atoms with Gasteiger partial charge in [0.1, 0.15) is 6.61 Å². The Morgan fingerprint density at radius 2 is 1.19 bits per heavy atom. The smallest absolute Gasteiger partial charge is 0.305 e. The minimum absolute atomic E-state index is 0.124. The van der Waals surface area contributed by atoms with Gasteiger partial charge in [-0.1, -0.05) is 45.4 Å². The molecule has 156 valence electrons. The number of hydrogen-bond acceptors (Lipinski definition) is 5. The van der Waals surface area contributed by atoms with E-state index in [2.05, 4.69) is 6.92 Å². The molecule has 0 radical (unpaired) electrons. The van der Waals surface area contributed by atoms with Gasteiger partial charge in [-0.3, -0.25) is 4.79 Å². The summed E-state index contributed by atoms with van der Waals surface area (Å²) in [6.07, 6.45) is 10.7. The van der Waals surface area contributed by atoms with E-state index in [1.165, 1.54) is 32.1 Å². The predicted octanol–water partition coefficient (Wildman–Crippen LogP) is 4.74. The fourth-order valence-corrected chi connectivity index (χ4v) is 2.54. The van der Waals surface area contributed by atoms with E-state index < -0.39 is 0 Å². The molecule has 0 aliphatic rings. The molecule has 0 aromatic carbocycles. The molecule has 0 saturated heterocycles. The van der Waals surface area contributed by atoms with Gasteiger partial charge in [-0.15, -0.1) is 11.6 Å². The first-order valence-electron chi connectivity index (χ1n) is 10.3. The van der Waals surface area contributed by atoms with Gasteiger partial charge in [-0.25, -0.2) is 0 Å². The Morgan fingerprint density at radius 3 is 1.85 bits per heavy atom. The lowest BCUT2D eigenvalue weighted by atomic mass is 10.1. The molecular weight excluding hydrogens is 356 g/mol. The summed E-state index contributed by atoms with van der Waals surface area (Å²) in [6.45, 7) is 5.94.